The van der Waals surface area contributed by atoms with Crippen molar-refractivity contribution in [2.24, 2.45) is 5.16 Å². The molecule has 0 unspecified atom stereocenters. The van der Waals surface area contributed by atoms with E-state index < -0.39 is 24.0 Å². The number of amides is 1. The number of halogens is 1. The number of carbonyl (C=O) groups is 2. The minimum atomic E-state index is -1.10. The lowest BCUT2D eigenvalue weighted by atomic mass is 10.0. The summed E-state index contributed by atoms with van der Waals surface area (Å²) >= 11 is 5.86. The van der Waals surface area contributed by atoms with Crippen LogP contribution in [0, 0.1) is 0 Å². The fourth-order valence-electron chi connectivity index (χ4n) is 2.65. The number of nitrogens with zero attached hydrogens (tertiary/aromatic N) is 1. The predicted molar refractivity (Wildman–Crippen MR) is 97.2 cm³/mol. The lowest BCUT2D eigenvalue weighted by Gasteiger charge is -2.16. The Bertz CT molecular complexity index is 821. The first-order valence-electron chi connectivity index (χ1n) is 8.08. The molecule has 0 radical (unpaired) electrons. The van der Waals surface area contributed by atoms with Gasteiger partial charge in [0.15, 0.2) is 0 Å². The van der Waals surface area contributed by atoms with E-state index in [4.69, 9.17) is 16.4 Å². The maximum absolute atomic E-state index is 12.4. The van der Waals surface area contributed by atoms with Crippen LogP contribution in [0.5, 0.6) is 0 Å². The summed E-state index contributed by atoms with van der Waals surface area (Å²) in [5, 5.41) is 16.5. The topological polar surface area (TPSA) is 88.0 Å². The molecule has 3 rings (SSSR count). The second-order valence-corrected chi connectivity index (χ2v) is 6.37. The average molecular weight is 373 g/mol. The van der Waals surface area contributed by atoms with Crippen LogP contribution in [0.1, 0.15) is 17.5 Å². The molecule has 0 bridgehead atoms. The Morgan fingerprint density at radius 3 is 2.54 bits per heavy atom. The largest absolute Gasteiger partial charge is 0.480 e. The van der Waals surface area contributed by atoms with Crippen LogP contribution in [0.2, 0.25) is 5.02 Å². The number of nitrogens with one attached hydrogen (secondary N) is 1. The molecule has 1 aliphatic heterocycles. The van der Waals surface area contributed by atoms with Crippen molar-refractivity contribution in [2.75, 3.05) is 0 Å². The van der Waals surface area contributed by atoms with E-state index in [2.05, 4.69) is 10.5 Å². The van der Waals surface area contributed by atoms with Crippen LogP contribution in [0.15, 0.2) is 59.8 Å². The van der Waals surface area contributed by atoms with Crippen molar-refractivity contribution in [3.63, 3.8) is 0 Å². The molecule has 26 heavy (non-hydrogen) atoms. The summed E-state index contributed by atoms with van der Waals surface area (Å²) in [4.78, 5) is 29.1. The van der Waals surface area contributed by atoms with Gasteiger partial charge >= 0.3 is 5.97 Å². The van der Waals surface area contributed by atoms with Gasteiger partial charge in [0.05, 0.1) is 5.71 Å². The summed E-state index contributed by atoms with van der Waals surface area (Å²) in [7, 11) is 0. The summed E-state index contributed by atoms with van der Waals surface area (Å²) in [6.45, 7) is 0. The number of oxime groups is 1. The highest BCUT2D eigenvalue weighted by Crippen LogP contribution is 2.19. The maximum Gasteiger partial charge on any atom is 0.326 e. The zero-order valence-electron chi connectivity index (χ0n) is 13.8. The molecule has 0 fully saturated rings. The molecule has 2 N–H and O–H groups in total. The number of carbonyl (C=O) groups excluding carboxylic acids is 1. The molecule has 1 heterocycles. The Morgan fingerprint density at radius 2 is 1.88 bits per heavy atom. The molecule has 1 amide bonds. The van der Waals surface area contributed by atoms with Crippen LogP contribution in [0.25, 0.3) is 0 Å². The van der Waals surface area contributed by atoms with Crippen molar-refractivity contribution in [1.82, 2.24) is 5.32 Å². The van der Waals surface area contributed by atoms with E-state index in [1.54, 1.807) is 24.3 Å². The van der Waals surface area contributed by atoms with Gasteiger partial charge in [-0.05, 0) is 23.3 Å². The summed E-state index contributed by atoms with van der Waals surface area (Å²) in [6.07, 6.45) is -0.386. The Balaban J connectivity index is 1.60. The molecule has 7 heteroatoms. The van der Waals surface area contributed by atoms with Crippen LogP contribution in [-0.2, 0) is 20.8 Å². The number of aliphatic carboxylic acids is 1. The predicted octanol–water partition coefficient (Wildman–Crippen LogP) is 2.65. The minimum Gasteiger partial charge on any atom is -0.480 e. The highest BCUT2D eigenvalue weighted by atomic mass is 35.5. The third-order valence-corrected chi connectivity index (χ3v) is 4.29. The molecule has 1 aliphatic rings. The second-order valence-electron chi connectivity index (χ2n) is 5.93. The zero-order chi connectivity index (χ0) is 18.5. The maximum atomic E-state index is 12.4. The fourth-order valence-corrected chi connectivity index (χ4v) is 2.77. The normalized spacial score (nSPS) is 17.1. The standard InChI is InChI=1S/C19H17ClN2O4/c20-14-8-6-13(7-9-14)15-11-17(26-22-15)18(23)21-16(19(24)25)10-12-4-2-1-3-5-12/h1-9,16-17H,10-11H2,(H,21,23)(H,24,25)/t16-,17+/m0/s1. The van der Waals surface area contributed by atoms with Gasteiger partial charge in [-0.2, -0.15) is 0 Å². The molecule has 0 saturated carbocycles. The van der Waals surface area contributed by atoms with Crippen molar-refractivity contribution in [1.29, 1.82) is 0 Å². The number of hydrogen-bond acceptors (Lipinski definition) is 4. The van der Waals surface area contributed by atoms with E-state index in [0.29, 0.717) is 10.7 Å². The van der Waals surface area contributed by atoms with Crippen LogP contribution in [0.3, 0.4) is 0 Å². The molecular formula is C19H17ClN2O4. The van der Waals surface area contributed by atoms with Crippen LogP contribution in [0.4, 0.5) is 0 Å². The van der Waals surface area contributed by atoms with E-state index in [-0.39, 0.29) is 12.8 Å². The molecular weight excluding hydrogens is 356 g/mol. The van der Waals surface area contributed by atoms with Gasteiger partial charge < -0.3 is 15.3 Å². The smallest absolute Gasteiger partial charge is 0.326 e. The van der Waals surface area contributed by atoms with Gasteiger partial charge in [0.2, 0.25) is 6.10 Å². The number of benzene rings is 2. The molecule has 0 aliphatic carbocycles. The van der Waals surface area contributed by atoms with Crippen molar-refractivity contribution in [3.05, 3.63) is 70.7 Å². The molecule has 134 valence electrons. The molecule has 2 aromatic carbocycles. The summed E-state index contributed by atoms with van der Waals surface area (Å²) in [5.41, 5.74) is 2.26. The first-order valence-corrected chi connectivity index (χ1v) is 8.46. The van der Waals surface area contributed by atoms with Crippen molar-refractivity contribution >= 4 is 29.2 Å². The molecule has 0 spiro atoms. The summed E-state index contributed by atoms with van der Waals surface area (Å²) < 4.78 is 0. The minimum absolute atomic E-state index is 0.194. The number of hydrogen-bond donors (Lipinski definition) is 2. The van der Waals surface area contributed by atoms with Gasteiger partial charge in [-0.25, -0.2) is 4.79 Å². The molecule has 6 nitrogen and oxygen atoms in total. The van der Waals surface area contributed by atoms with Crippen LogP contribution >= 0.6 is 11.6 Å². The van der Waals surface area contributed by atoms with Gasteiger partial charge in [-0.15, -0.1) is 0 Å². The first-order chi connectivity index (χ1) is 12.5. The Kier molecular flexibility index (Phi) is 5.53. The average Bonchev–Trinajstić information content (AvgIpc) is 3.13. The van der Waals surface area contributed by atoms with Crippen molar-refractivity contribution in [2.45, 2.75) is 25.0 Å². The van der Waals surface area contributed by atoms with Crippen molar-refractivity contribution < 1.29 is 19.5 Å². The quantitative estimate of drug-likeness (QED) is 0.816. The van der Waals surface area contributed by atoms with Gasteiger partial charge in [0, 0.05) is 17.9 Å². The van der Waals surface area contributed by atoms with E-state index in [0.717, 1.165) is 11.1 Å². The summed E-state index contributed by atoms with van der Waals surface area (Å²) in [5.74, 6) is -1.60. The van der Waals surface area contributed by atoms with E-state index in [1.165, 1.54) is 0 Å². The monoisotopic (exact) mass is 372 g/mol. The van der Waals surface area contributed by atoms with E-state index in [1.807, 2.05) is 30.3 Å². The van der Waals surface area contributed by atoms with Gasteiger partial charge in [-0.1, -0.05) is 59.2 Å². The lowest BCUT2D eigenvalue weighted by molar-refractivity contribution is -0.143. The number of carboxylic acids is 1. The Hall–Kier alpha value is -2.86. The molecule has 0 saturated heterocycles. The van der Waals surface area contributed by atoms with E-state index in [9.17, 15) is 14.7 Å². The lowest BCUT2D eigenvalue weighted by Crippen LogP contribution is -2.46. The number of rotatable bonds is 6. The van der Waals surface area contributed by atoms with Gasteiger partial charge in [0.25, 0.3) is 5.91 Å². The highest BCUT2D eigenvalue weighted by molar-refractivity contribution is 6.30. The van der Waals surface area contributed by atoms with Gasteiger partial charge in [0.1, 0.15) is 6.04 Å². The summed E-state index contributed by atoms with van der Waals surface area (Å²) in [6, 6.07) is 15.1. The Labute approximate surface area is 155 Å². The van der Waals surface area contributed by atoms with Crippen LogP contribution < -0.4 is 5.32 Å². The fraction of sp³-hybridized carbons (Fsp3) is 0.211. The number of carboxylic acid groups (broad SMARTS) is 1. The third-order valence-electron chi connectivity index (χ3n) is 4.04. The Morgan fingerprint density at radius 1 is 1.19 bits per heavy atom. The highest BCUT2D eigenvalue weighted by Gasteiger charge is 2.31. The van der Waals surface area contributed by atoms with E-state index >= 15 is 0 Å². The molecule has 0 aromatic heterocycles. The zero-order valence-corrected chi connectivity index (χ0v) is 14.5. The third kappa shape index (κ3) is 4.40. The van der Waals surface area contributed by atoms with Gasteiger partial charge in [-0.3, -0.25) is 4.79 Å². The SMILES string of the molecule is O=C(O)[C@H](Cc1ccccc1)NC(=O)[C@H]1CC(c2ccc(Cl)cc2)=NO1. The second kappa shape index (κ2) is 8.01. The van der Waals surface area contributed by atoms with Crippen LogP contribution in [-0.4, -0.2) is 34.8 Å². The molecule has 2 aromatic rings. The first kappa shape index (κ1) is 17.9. The molecule has 2 atom stereocenters. The van der Waals surface area contributed by atoms with Crippen molar-refractivity contribution in [3.8, 4) is 0 Å².